The molecule has 0 spiro atoms. The Hall–Kier alpha value is -1.37. The van der Waals surface area contributed by atoms with Gasteiger partial charge in [0.15, 0.2) is 0 Å². The lowest BCUT2D eigenvalue weighted by molar-refractivity contribution is 0.159. The highest BCUT2D eigenvalue weighted by Crippen LogP contribution is 2.11. The zero-order chi connectivity index (χ0) is 13.2. The predicted octanol–water partition coefficient (Wildman–Crippen LogP) is 2.56. The number of nitrogens with zero attached hydrogens (tertiary/aromatic N) is 2. The van der Waals surface area contributed by atoms with Crippen LogP contribution in [-0.4, -0.2) is 29.2 Å². The summed E-state index contributed by atoms with van der Waals surface area (Å²) in [4.78, 5) is 2.34. The number of unbranched alkanes of at least 4 members (excludes halogenated alkanes) is 1. The van der Waals surface area contributed by atoms with E-state index in [2.05, 4.69) is 30.0 Å². The molecular formula is C15H22N2O. The monoisotopic (exact) mass is 246 g/mol. The Morgan fingerprint density at radius 3 is 2.67 bits per heavy atom. The topological polar surface area (TPSA) is 47.3 Å². The molecule has 0 saturated heterocycles. The van der Waals surface area contributed by atoms with Crippen LogP contribution >= 0.6 is 0 Å². The summed E-state index contributed by atoms with van der Waals surface area (Å²) < 4.78 is 0. The van der Waals surface area contributed by atoms with Crippen LogP contribution in [0.15, 0.2) is 30.3 Å². The third-order valence-electron chi connectivity index (χ3n) is 3.13. The van der Waals surface area contributed by atoms with Crippen molar-refractivity contribution in [2.75, 3.05) is 13.2 Å². The Kier molecular flexibility index (Phi) is 7.09. The second kappa shape index (κ2) is 8.68. The fraction of sp³-hybridized carbons (Fsp3) is 0.533. The first-order valence-corrected chi connectivity index (χ1v) is 6.53. The second-order valence-electron chi connectivity index (χ2n) is 4.58. The Labute approximate surface area is 110 Å². The minimum absolute atomic E-state index is 0.213. The Morgan fingerprint density at radius 1 is 1.33 bits per heavy atom. The highest BCUT2D eigenvalue weighted by Gasteiger charge is 2.13. The number of benzene rings is 1. The first kappa shape index (κ1) is 14.7. The lowest BCUT2D eigenvalue weighted by Gasteiger charge is -2.28. The summed E-state index contributed by atoms with van der Waals surface area (Å²) in [5, 5.41) is 17.6. The van der Waals surface area contributed by atoms with E-state index in [9.17, 15) is 0 Å². The van der Waals surface area contributed by atoms with E-state index >= 15 is 0 Å². The molecule has 1 atom stereocenters. The molecule has 0 fully saturated rings. The molecule has 0 aromatic heterocycles. The van der Waals surface area contributed by atoms with Gasteiger partial charge in [0.1, 0.15) is 0 Å². The van der Waals surface area contributed by atoms with Gasteiger partial charge in [0.05, 0.1) is 6.07 Å². The zero-order valence-corrected chi connectivity index (χ0v) is 11.0. The zero-order valence-electron chi connectivity index (χ0n) is 11.0. The summed E-state index contributed by atoms with van der Waals surface area (Å²) in [5.74, 6) is 0. The van der Waals surface area contributed by atoms with Gasteiger partial charge in [-0.05, 0) is 31.9 Å². The molecular weight excluding hydrogens is 224 g/mol. The number of hydrogen-bond acceptors (Lipinski definition) is 3. The number of rotatable bonds is 8. The smallest absolute Gasteiger partial charge is 0.0622 e. The van der Waals surface area contributed by atoms with Crippen molar-refractivity contribution >= 4 is 0 Å². The quantitative estimate of drug-likeness (QED) is 0.717. The van der Waals surface area contributed by atoms with E-state index in [1.165, 1.54) is 5.56 Å². The van der Waals surface area contributed by atoms with Crippen LogP contribution < -0.4 is 0 Å². The van der Waals surface area contributed by atoms with Crippen LogP contribution in [0, 0.1) is 11.3 Å². The third kappa shape index (κ3) is 5.31. The van der Waals surface area contributed by atoms with Gasteiger partial charge in [-0.15, -0.1) is 0 Å². The summed E-state index contributed by atoms with van der Waals surface area (Å²) in [6, 6.07) is 12.8. The molecule has 1 N–H and O–H groups in total. The molecule has 0 bridgehead atoms. The molecule has 1 aromatic rings. The summed E-state index contributed by atoms with van der Waals surface area (Å²) in [5.41, 5.74) is 1.28. The van der Waals surface area contributed by atoms with Crippen LogP contribution in [0.5, 0.6) is 0 Å². The van der Waals surface area contributed by atoms with Gasteiger partial charge in [0, 0.05) is 25.6 Å². The van der Waals surface area contributed by atoms with Crippen LogP contribution in [0.3, 0.4) is 0 Å². The molecule has 0 aliphatic carbocycles. The van der Waals surface area contributed by atoms with E-state index in [-0.39, 0.29) is 6.61 Å². The summed E-state index contributed by atoms with van der Waals surface area (Å²) in [6.07, 6.45) is 2.26. The summed E-state index contributed by atoms with van der Waals surface area (Å²) in [7, 11) is 0. The fourth-order valence-corrected chi connectivity index (χ4v) is 2.00. The lowest BCUT2D eigenvalue weighted by atomic mass is 10.1. The molecule has 0 saturated carbocycles. The van der Waals surface area contributed by atoms with Crippen molar-refractivity contribution in [3.05, 3.63) is 35.9 Å². The van der Waals surface area contributed by atoms with Crippen molar-refractivity contribution in [3.63, 3.8) is 0 Å². The molecule has 0 heterocycles. The highest BCUT2D eigenvalue weighted by molar-refractivity contribution is 5.14. The molecule has 0 aliphatic heterocycles. The van der Waals surface area contributed by atoms with E-state index in [0.29, 0.717) is 12.5 Å². The van der Waals surface area contributed by atoms with Crippen LogP contribution in [-0.2, 0) is 6.54 Å². The van der Waals surface area contributed by atoms with Crippen molar-refractivity contribution in [1.29, 1.82) is 5.26 Å². The third-order valence-corrected chi connectivity index (χ3v) is 3.13. The Morgan fingerprint density at radius 2 is 2.06 bits per heavy atom. The minimum Gasteiger partial charge on any atom is -0.396 e. The van der Waals surface area contributed by atoms with Crippen LogP contribution in [0.25, 0.3) is 0 Å². The van der Waals surface area contributed by atoms with Gasteiger partial charge in [-0.3, -0.25) is 4.90 Å². The van der Waals surface area contributed by atoms with Gasteiger partial charge in [-0.2, -0.15) is 5.26 Å². The first-order chi connectivity index (χ1) is 8.77. The number of hydrogen-bond donors (Lipinski definition) is 1. The predicted molar refractivity (Wildman–Crippen MR) is 72.9 cm³/mol. The lowest BCUT2D eigenvalue weighted by Crippen LogP contribution is -2.34. The van der Waals surface area contributed by atoms with Gasteiger partial charge < -0.3 is 5.11 Å². The number of aliphatic hydroxyl groups excluding tert-OH is 1. The van der Waals surface area contributed by atoms with Gasteiger partial charge in [-0.1, -0.05) is 30.3 Å². The van der Waals surface area contributed by atoms with E-state index in [0.717, 1.165) is 25.9 Å². The van der Waals surface area contributed by atoms with E-state index in [1.54, 1.807) is 0 Å². The van der Waals surface area contributed by atoms with Crippen LogP contribution in [0.1, 0.15) is 31.7 Å². The largest absolute Gasteiger partial charge is 0.396 e. The van der Waals surface area contributed by atoms with Gasteiger partial charge in [-0.25, -0.2) is 0 Å². The molecule has 1 aromatic carbocycles. The maximum absolute atomic E-state index is 9.04. The molecule has 3 heteroatoms. The van der Waals surface area contributed by atoms with Crippen LogP contribution in [0.2, 0.25) is 0 Å². The van der Waals surface area contributed by atoms with E-state index in [4.69, 9.17) is 10.4 Å². The molecule has 98 valence electrons. The molecule has 1 unspecified atom stereocenters. The molecule has 0 radical (unpaired) electrons. The molecule has 18 heavy (non-hydrogen) atoms. The standard InChI is InChI=1S/C15H22N2O/c1-14(9-12-18)17(11-6-5-10-16)13-15-7-3-2-4-8-15/h2-4,7-8,14,18H,5-6,9,11-13H2,1H3. The maximum Gasteiger partial charge on any atom is 0.0622 e. The molecule has 0 amide bonds. The molecule has 0 aliphatic rings. The Bertz CT molecular complexity index is 359. The number of aliphatic hydroxyl groups is 1. The van der Waals surface area contributed by atoms with E-state index in [1.807, 2.05) is 18.2 Å². The summed E-state index contributed by atoms with van der Waals surface area (Å²) in [6.45, 7) is 4.13. The van der Waals surface area contributed by atoms with Crippen molar-refractivity contribution in [2.45, 2.75) is 38.8 Å². The molecule has 1 rings (SSSR count). The van der Waals surface area contributed by atoms with Crippen molar-refractivity contribution in [3.8, 4) is 6.07 Å². The normalized spacial score (nSPS) is 12.3. The van der Waals surface area contributed by atoms with Crippen molar-refractivity contribution in [1.82, 2.24) is 4.90 Å². The van der Waals surface area contributed by atoms with Crippen molar-refractivity contribution in [2.24, 2.45) is 0 Å². The van der Waals surface area contributed by atoms with Crippen LogP contribution in [0.4, 0.5) is 0 Å². The van der Waals surface area contributed by atoms with Crippen molar-refractivity contribution < 1.29 is 5.11 Å². The summed E-state index contributed by atoms with van der Waals surface area (Å²) >= 11 is 0. The van der Waals surface area contributed by atoms with Gasteiger partial charge in [0.2, 0.25) is 0 Å². The maximum atomic E-state index is 9.04. The SMILES string of the molecule is CC(CCO)N(CCCC#N)Cc1ccccc1. The highest BCUT2D eigenvalue weighted by atomic mass is 16.3. The van der Waals surface area contributed by atoms with Gasteiger partial charge in [0.25, 0.3) is 0 Å². The van der Waals surface area contributed by atoms with Gasteiger partial charge >= 0.3 is 0 Å². The first-order valence-electron chi connectivity index (χ1n) is 6.53. The fourth-order valence-electron chi connectivity index (χ4n) is 2.00. The van der Waals surface area contributed by atoms with E-state index < -0.39 is 0 Å². The minimum atomic E-state index is 0.213. The average Bonchev–Trinajstić information content (AvgIpc) is 2.39. The molecule has 3 nitrogen and oxygen atoms in total. The second-order valence-corrected chi connectivity index (χ2v) is 4.58. The number of nitriles is 1. The average molecular weight is 246 g/mol. The Balaban J connectivity index is 2.56.